The topological polar surface area (TPSA) is 13.1 Å². The van der Waals surface area contributed by atoms with Gasteiger partial charge in [0.15, 0.2) is 0 Å². The van der Waals surface area contributed by atoms with Gasteiger partial charge in [0.2, 0.25) is 0 Å². The molecule has 0 radical (unpaired) electrons. The Labute approximate surface area is 179 Å². The average Bonchev–Trinajstić information content (AvgIpc) is 3.21. The van der Waals surface area contributed by atoms with Gasteiger partial charge in [0.25, 0.3) is 0 Å². The molecule has 0 aliphatic heterocycles. The van der Waals surface area contributed by atoms with Gasteiger partial charge in [-0.25, -0.2) is 0 Å². The largest absolute Gasteiger partial charge is 0.455 e. The van der Waals surface area contributed by atoms with Crippen molar-refractivity contribution in [2.24, 2.45) is 0 Å². The molecule has 1 nitrogen and oxygen atoms in total. The molecule has 0 fully saturated rings. The van der Waals surface area contributed by atoms with Crippen molar-refractivity contribution in [2.75, 3.05) is 0 Å². The predicted molar refractivity (Wildman–Crippen MR) is 127 cm³/mol. The third-order valence-corrected chi connectivity index (χ3v) is 5.95. The number of hydrogen-bond acceptors (Lipinski definition) is 1. The van der Waals surface area contributed by atoms with Gasteiger partial charge in [0.05, 0.1) is 0 Å². The van der Waals surface area contributed by atoms with Crippen LogP contribution in [0.2, 0.25) is 5.02 Å². The highest BCUT2D eigenvalue weighted by Crippen LogP contribution is 2.47. The van der Waals surface area contributed by atoms with E-state index in [0.717, 1.165) is 44.2 Å². The fourth-order valence-electron chi connectivity index (χ4n) is 4.43. The summed E-state index contributed by atoms with van der Waals surface area (Å²) < 4.78 is 6.66. The van der Waals surface area contributed by atoms with E-state index in [2.05, 4.69) is 66.7 Å². The molecule has 0 saturated carbocycles. The van der Waals surface area contributed by atoms with E-state index in [1.807, 2.05) is 36.4 Å². The Morgan fingerprint density at radius 3 is 1.87 bits per heavy atom. The first-order chi connectivity index (χ1) is 14.8. The van der Waals surface area contributed by atoms with Crippen molar-refractivity contribution in [3.63, 3.8) is 0 Å². The molecule has 1 aromatic heterocycles. The van der Waals surface area contributed by atoms with Gasteiger partial charge >= 0.3 is 0 Å². The molecule has 0 atom stereocenters. The zero-order chi connectivity index (χ0) is 20.1. The monoisotopic (exact) mass is 404 g/mol. The molecule has 5 aromatic carbocycles. The molecule has 0 aliphatic carbocycles. The van der Waals surface area contributed by atoms with Gasteiger partial charge in [0.1, 0.15) is 11.3 Å². The molecule has 0 aliphatic rings. The Kier molecular flexibility index (Phi) is 3.90. The van der Waals surface area contributed by atoms with Gasteiger partial charge in [-0.05, 0) is 33.9 Å². The summed E-state index contributed by atoms with van der Waals surface area (Å²) in [5, 5.41) is 6.41. The summed E-state index contributed by atoms with van der Waals surface area (Å²) in [6.45, 7) is 0. The Morgan fingerprint density at radius 2 is 1.13 bits per heavy atom. The summed E-state index contributed by atoms with van der Waals surface area (Å²) in [6.07, 6.45) is 0. The number of benzene rings is 5. The van der Waals surface area contributed by atoms with Crippen molar-refractivity contribution in [3.05, 3.63) is 108 Å². The molecule has 0 N–H and O–H groups in total. The van der Waals surface area contributed by atoms with Gasteiger partial charge in [-0.3, -0.25) is 0 Å². The molecule has 142 valence electrons. The number of halogens is 1. The normalized spacial score (nSPS) is 11.5. The minimum atomic E-state index is 0.706. The minimum Gasteiger partial charge on any atom is -0.455 e. The summed E-state index contributed by atoms with van der Waals surface area (Å²) in [6, 6.07) is 35.4. The van der Waals surface area contributed by atoms with Crippen LogP contribution in [0.4, 0.5) is 0 Å². The molecule has 2 heteroatoms. The molecule has 0 saturated heterocycles. The molecule has 6 rings (SSSR count). The summed E-state index contributed by atoms with van der Waals surface area (Å²) >= 11 is 6.41. The van der Waals surface area contributed by atoms with Crippen LogP contribution in [-0.2, 0) is 0 Å². The minimum absolute atomic E-state index is 0.706. The Balaban J connectivity index is 1.90. The molecule has 0 unspecified atom stereocenters. The van der Waals surface area contributed by atoms with Crippen molar-refractivity contribution >= 4 is 44.1 Å². The van der Waals surface area contributed by atoms with Crippen LogP contribution in [0.3, 0.4) is 0 Å². The zero-order valence-corrected chi connectivity index (χ0v) is 16.9. The van der Waals surface area contributed by atoms with Crippen molar-refractivity contribution in [3.8, 4) is 22.5 Å². The van der Waals surface area contributed by atoms with Crippen LogP contribution in [0, 0.1) is 0 Å². The molecule has 0 amide bonds. The van der Waals surface area contributed by atoms with E-state index in [9.17, 15) is 0 Å². The second-order valence-electron chi connectivity index (χ2n) is 7.48. The van der Waals surface area contributed by atoms with E-state index in [4.69, 9.17) is 16.0 Å². The van der Waals surface area contributed by atoms with Gasteiger partial charge in [-0.15, -0.1) is 0 Å². The molecule has 0 bridgehead atoms. The fraction of sp³-hybridized carbons (Fsp3) is 0. The predicted octanol–water partition coefficient (Wildman–Crippen LogP) is 8.73. The zero-order valence-electron chi connectivity index (χ0n) is 16.1. The lowest BCUT2D eigenvalue weighted by Gasteiger charge is -2.08. The van der Waals surface area contributed by atoms with Crippen LogP contribution < -0.4 is 0 Å². The van der Waals surface area contributed by atoms with Gasteiger partial charge in [0, 0.05) is 26.9 Å². The standard InChI is InChI=1S/C28H17ClO/c29-20-15-16-22-21-13-7-8-14-23(21)26-25(18-9-3-1-4-10-18)27(19-11-5-2-6-12-19)30-28(26)24(22)17-20/h1-17H. The lowest BCUT2D eigenvalue weighted by Crippen LogP contribution is -1.83. The smallest absolute Gasteiger partial charge is 0.143 e. The van der Waals surface area contributed by atoms with Crippen LogP contribution in [0.15, 0.2) is 108 Å². The molecule has 6 aromatic rings. The Bertz CT molecular complexity index is 1530. The van der Waals surface area contributed by atoms with E-state index >= 15 is 0 Å². The van der Waals surface area contributed by atoms with Crippen molar-refractivity contribution in [1.82, 2.24) is 0 Å². The summed E-state index contributed by atoms with van der Waals surface area (Å²) in [7, 11) is 0. The van der Waals surface area contributed by atoms with Crippen molar-refractivity contribution in [2.45, 2.75) is 0 Å². The first-order valence-electron chi connectivity index (χ1n) is 9.98. The number of rotatable bonds is 2. The Hall–Kier alpha value is -3.55. The number of hydrogen-bond donors (Lipinski definition) is 0. The third kappa shape index (κ3) is 2.56. The van der Waals surface area contributed by atoms with E-state index in [-0.39, 0.29) is 0 Å². The highest BCUT2D eigenvalue weighted by molar-refractivity contribution is 6.34. The summed E-state index contributed by atoms with van der Waals surface area (Å²) in [4.78, 5) is 0. The molecular weight excluding hydrogens is 388 g/mol. The van der Waals surface area contributed by atoms with E-state index in [1.54, 1.807) is 0 Å². The second kappa shape index (κ2) is 6.76. The van der Waals surface area contributed by atoms with Gasteiger partial charge in [-0.1, -0.05) is 103 Å². The Morgan fingerprint density at radius 1 is 0.533 bits per heavy atom. The highest BCUT2D eigenvalue weighted by atomic mass is 35.5. The molecular formula is C28H17ClO. The first-order valence-corrected chi connectivity index (χ1v) is 10.4. The highest BCUT2D eigenvalue weighted by Gasteiger charge is 2.22. The van der Waals surface area contributed by atoms with Gasteiger partial charge < -0.3 is 4.42 Å². The van der Waals surface area contributed by atoms with Crippen LogP contribution in [0.5, 0.6) is 0 Å². The van der Waals surface area contributed by atoms with Gasteiger partial charge in [-0.2, -0.15) is 0 Å². The van der Waals surface area contributed by atoms with Crippen molar-refractivity contribution < 1.29 is 4.42 Å². The van der Waals surface area contributed by atoms with Crippen LogP contribution in [-0.4, -0.2) is 0 Å². The lowest BCUT2D eigenvalue weighted by atomic mass is 9.92. The summed E-state index contributed by atoms with van der Waals surface area (Å²) in [5.74, 6) is 0.884. The van der Waals surface area contributed by atoms with E-state index in [1.165, 1.54) is 10.8 Å². The average molecular weight is 405 g/mol. The molecule has 0 spiro atoms. The SMILES string of the molecule is Clc1ccc2c3ccccc3c3c(-c4ccccc4)c(-c4ccccc4)oc3c2c1. The lowest BCUT2D eigenvalue weighted by molar-refractivity contribution is 0.636. The maximum absolute atomic E-state index is 6.66. The van der Waals surface area contributed by atoms with Crippen LogP contribution >= 0.6 is 11.6 Å². The molecule has 30 heavy (non-hydrogen) atoms. The van der Waals surface area contributed by atoms with Crippen LogP contribution in [0.25, 0.3) is 55.0 Å². The fourth-order valence-corrected chi connectivity index (χ4v) is 4.60. The third-order valence-electron chi connectivity index (χ3n) is 5.72. The van der Waals surface area contributed by atoms with E-state index < -0.39 is 0 Å². The first kappa shape index (κ1) is 17.3. The number of furan rings is 1. The maximum atomic E-state index is 6.66. The second-order valence-corrected chi connectivity index (χ2v) is 7.91. The quantitative estimate of drug-likeness (QED) is 0.263. The van der Waals surface area contributed by atoms with Crippen LogP contribution in [0.1, 0.15) is 0 Å². The maximum Gasteiger partial charge on any atom is 0.143 e. The van der Waals surface area contributed by atoms with E-state index in [0.29, 0.717) is 5.02 Å². The number of fused-ring (bicyclic) bond motifs is 6. The summed E-state index contributed by atoms with van der Waals surface area (Å²) in [5.41, 5.74) is 4.20. The molecule has 1 heterocycles. The van der Waals surface area contributed by atoms with Crippen molar-refractivity contribution in [1.29, 1.82) is 0 Å².